The number of carbonyl (C=O) groups excluding carboxylic acids is 1. The van der Waals surface area contributed by atoms with Crippen LogP contribution in [0.5, 0.6) is 5.75 Å². The van der Waals surface area contributed by atoms with E-state index < -0.39 is 0 Å². The maximum Gasteiger partial charge on any atom is 0.320 e. The maximum absolute atomic E-state index is 12.8. The van der Waals surface area contributed by atoms with Gasteiger partial charge < -0.3 is 15.8 Å². The fraction of sp³-hybridized carbons (Fsp3) is 0.192. The molecule has 1 saturated carbocycles. The Morgan fingerprint density at radius 2 is 2.03 bits per heavy atom. The van der Waals surface area contributed by atoms with Gasteiger partial charge >= 0.3 is 6.03 Å². The van der Waals surface area contributed by atoms with Gasteiger partial charge in [0.05, 0.1) is 11.4 Å². The zero-order chi connectivity index (χ0) is 24.8. The van der Waals surface area contributed by atoms with E-state index in [0.717, 1.165) is 35.3 Å². The molecule has 1 aliphatic rings. The molecule has 0 saturated heterocycles. The van der Waals surface area contributed by atoms with E-state index >= 15 is 0 Å². The summed E-state index contributed by atoms with van der Waals surface area (Å²) in [5, 5.41) is 10.6. The molecule has 0 atom stereocenters. The number of hydrogen-bond donors (Lipinski definition) is 3. The van der Waals surface area contributed by atoms with Gasteiger partial charge in [-0.05, 0) is 44.2 Å². The highest BCUT2D eigenvalue weighted by Crippen LogP contribution is 2.40. The lowest BCUT2D eigenvalue weighted by atomic mass is 10.2. The van der Waals surface area contributed by atoms with Crippen molar-refractivity contribution in [2.24, 2.45) is 10.7 Å². The Bertz CT molecular complexity index is 1280. The number of anilines is 1. The van der Waals surface area contributed by atoms with Crippen molar-refractivity contribution in [1.82, 2.24) is 15.1 Å². The summed E-state index contributed by atoms with van der Waals surface area (Å²) in [6.07, 6.45) is 5.00. The van der Waals surface area contributed by atoms with Crippen molar-refractivity contribution in [3.63, 3.8) is 0 Å². The van der Waals surface area contributed by atoms with Crippen molar-refractivity contribution in [2.75, 3.05) is 5.32 Å². The Morgan fingerprint density at radius 3 is 2.71 bits per heavy atom. The number of hydrogen-bond acceptors (Lipinski definition) is 5. The van der Waals surface area contributed by atoms with Crippen LogP contribution in [0.2, 0.25) is 0 Å². The first-order chi connectivity index (χ1) is 16.9. The molecule has 3 aromatic rings. The number of nitrogens with zero attached hydrogens (tertiary/aromatic N) is 3. The van der Waals surface area contributed by atoms with Crippen molar-refractivity contribution in [3.05, 3.63) is 95.4 Å². The number of rotatable bonds is 8. The van der Waals surface area contributed by atoms with Crippen LogP contribution in [0, 0.1) is 6.92 Å². The Labute approximate surface area is 209 Å². The number of aryl methyl sites for hydroxylation is 1. The van der Waals surface area contributed by atoms with Gasteiger partial charge in [-0.3, -0.25) is 5.32 Å². The lowest BCUT2D eigenvalue weighted by molar-refractivity contribution is 0.251. The molecule has 2 amide bonds. The SMILES string of the molecule is C=C(Cl)/N=C(\C=C/N)Oc1ccccc1CNC(=O)Nc1cc(C2CC2)nn1-c1ccc(C)cc1. The summed E-state index contributed by atoms with van der Waals surface area (Å²) >= 11 is 5.77. The van der Waals surface area contributed by atoms with Crippen LogP contribution in [0.25, 0.3) is 5.69 Å². The van der Waals surface area contributed by atoms with Gasteiger partial charge in [0.1, 0.15) is 16.7 Å². The number of aromatic nitrogens is 2. The molecule has 35 heavy (non-hydrogen) atoms. The largest absolute Gasteiger partial charge is 0.439 e. The predicted molar refractivity (Wildman–Crippen MR) is 139 cm³/mol. The van der Waals surface area contributed by atoms with Crippen LogP contribution in [0.1, 0.15) is 35.6 Å². The molecular weight excluding hydrogens is 464 g/mol. The van der Waals surface area contributed by atoms with Gasteiger partial charge in [0.15, 0.2) is 0 Å². The molecule has 4 rings (SSSR count). The van der Waals surface area contributed by atoms with Crippen molar-refractivity contribution in [3.8, 4) is 11.4 Å². The number of aliphatic imine (C=N–C) groups is 1. The number of carbonyl (C=O) groups is 1. The second-order valence-electron chi connectivity index (χ2n) is 8.18. The molecule has 0 aliphatic heterocycles. The fourth-order valence-electron chi connectivity index (χ4n) is 3.44. The molecule has 0 radical (unpaired) electrons. The summed E-state index contributed by atoms with van der Waals surface area (Å²) in [6.45, 7) is 5.79. The third-order valence-corrected chi connectivity index (χ3v) is 5.43. The lowest BCUT2D eigenvalue weighted by Crippen LogP contribution is -2.29. The molecule has 1 aromatic heterocycles. The minimum absolute atomic E-state index is 0.0591. The average molecular weight is 491 g/mol. The lowest BCUT2D eigenvalue weighted by Gasteiger charge is -2.13. The van der Waals surface area contributed by atoms with Crippen molar-refractivity contribution >= 4 is 29.3 Å². The summed E-state index contributed by atoms with van der Waals surface area (Å²) < 4.78 is 7.59. The van der Waals surface area contributed by atoms with Gasteiger partial charge in [0.2, 0.25) is 5.90 Å². The highest BCUT2D eigenvalue weighted by Gasteiger charge is 2.28. The molecule has 0 unspecified atom stereocenters. The molecule has 2 aromatic carbocycles. The number of ether oxygens (including phenoxy) is 1. The highest BCUT2D eigenvalue weighted by molar-refractivity contribution is 6.29. The molecule has 0 spiro atoms. The van der Waals surface area contributed by atoms with Crippen LogP contribution in [0.4, 0.5) is 10.6 Å². The minimum atomic E-state index is -0.361. The number of amides is 2. The molecule has 1 heterocycles. The Morgan fingerprint density at radius 1 is 1.29 bits per heavy atom. The average Bonchev–Trinajstić information content (AvgIpc) is 3.60. The fourth-order valence-corrected chi connectivity index (χ4v) is 3.53. The first-order valence-corrected chi connectivity index (χ1v) is 11.6. The van der Waals surface area contributed by atoms with Crippen LogP contribution in [-0.2, 0) is 6.54 Å². The minimum Gasteiger partial charge on any atom is -0.439 e. The highest BCUT2D eigenvalue weighted by atomic mass is 35.5. The van der Waals surface area contributed by atoms with E-state index in [1.165, 1.54) is 12.3 Å². The standard InChI is InChI=1S/C26H27ClN6O2/c1-17-7-11-21(12-8-17)33-24(15-22(32-33)19-9-10-19)31-26(34)29-16-20-5-3-4-6-23(20)35-25(13-14-28)30-18(2)27/h3-8,11-15,19H,2,9-10,16,28H2,1H3,(H2,29,31,34)/b14-13-,30-25+. The van der Waals surface area contributed by atoms with Gasteiger partial charge in [-0.25, -0.2) is 14.5 Å². The van der Waals surface area contributed by atoms with Crippen LogP contribution in [-0.4, -0.2) is 21.7 Å². The summed E-state index contributed by atoms with van der Waals surface area (Å²) in [7, 11) is 0. The predicted octanol–water partition coefficient (Wildman–Crippen LogP) is 5.34. The van der Waals surface area contributed by atoms with E-state index in [-0.39, 0.29) is 23.6 Å². The molecule has 8 nitrogen and oxygen atoms in total. The smallest absolute Gasteiger partial charge is 0.320 e. The van der Waals surface area contributed by atoms with Gasteiger partial charge in [-0.15, -0.1) is 0 Å². The number of para-hydroxylation sites is 1. The zero-order valence-electron chi connectivity index (χ0n) is 19.4. The maximum atomic E-state index is 12.8. The van der Waals surface area contributed by atoms with Crippen molar-refractivity contribution < 1.29 is 9.53 Å². The first kappa shape index (κ1) is 24.1. The molecule has 1 aliphatic carbocycles. The van der Waals surface area contributed by atoms with E-state index in [1.807, 2.05) is 55.5 Å². The molecule has 1 fully saturated rings. The van der Waals surface area contributed by atoms with Crippen LogP contribution >= 0.6 is 11.6 Å². The second-order valence-corrected chi connectivity index (χ2v) is 8.62. The van der Waals surface area contributed by atoms with Gasteiger partial charge in [0.25, 0.3) is 0 Å². The van der Waals surface area contributed by atoms with Crippen LogP contribution < -0.4 is 21.1 Å². The monoisotopic (exact) mass is 490 g/mol. The third-order valence-electron chi connectivity index (χ3n) is 5.34. The number of benzene rings is 2. The summed E-state index contributed by atoms with van der Waals surface area (Å²) in [6, 6.07) is 16.9. The van der Waals surface area contributed by atoms with Gasteiger partial charge in [0, 0.05) is 30.2 Å². The van der Waals surface area contributed by atoms with Crippen LogP contribution in [0.3, 0.4) is 0 Å². The Balaban J connectivity index is 1.47. The summed E-state index contributed by atoms with van der Waals surface area (Å²) in [5.74, 6) is 1.75. The van der Waals surface area contributed by atoms with E-state index in [2.05, 4.69) is 22.2 Å². The molecule has 0 bridgehead atoms. The summed E-state index contributed by atoms with van der Waals surface area (Å²) in [5.41, 5.74) is 9.24. The van der Waals surface area contributed by atoms with E-state index in [9.17, 15) is 4.79 Å². The van der Waals surface area contributed by atoms with Crippen LogP contribution in [0.15, 0.2) is 83.6 Å². The number of nitrogens with one attached hydrogen (secondary N) is 2. The van der Waals surface area contributed by atoms with E-state index in [0.29, 0.717) is 17.5 Å². The quantitative estimate of drug-likeness (QED) is 0.225. The zero-order valence-corrected chi connectivity index (χ0v) is 20.1. The Hall–Kier alpha value is -4.04. The molecular formula is C26H27ClN6O2. The first-order valence-electron chi connectivity index (χ1n) is 11.2. The number of urea groups is 1. The Kier molecular flexibility index (Phi) is 7.52. The normalized spacial score (nSPS) is 13.6. The molecule has 9 heteroatoms. The third kappa shape index (κ3) is 6.51. The van der Waals surface area contributed by atoms with Gasteiger partial charge in [-0.1, -0.05) is 54.1 Å². The molecule has 4 N–H and O–H groups in total. The van der Waals surface area contributed by atoms with E-state index in [1.54, 1.807) is 10.7 Å². The summed E-state index contributed by atoms with van der Waals surface area (Å²) in [4.78, 5) is 16.8. The van der Waals surface area contributed by atoms with Crippen molar-refractivity contribution in [1.29, 1.82) is 0 Å². The molecule has 180 valence electrons. The number of halogens is 1. The van der Waals surface area contributed by atoms with E-state index in [4.69, 9.17) is 27.2 Å². The van der Waals surface area contributed by atoms with Gasteiger partial charge in [-0.2, -0.15) is 5.10 Å². The second kappa shape index (κ2) is 10.9. The van der Waals surface area contributed by atoms with Crippen molar-refractivity contribution in [2.45, 2.75) is 32.2 Å². The topological polar surface area (TPSA) is 107 Å². The number of nitrogens with two attached hydrogens (primary N) is 1.